The number of hydrogen-bond acceptors (Lipinski definition) is 5. The largest absolute Gasteiger partial charge is 0.461 e. The summed E-state index contributed by atoms with van der Waals surface area (Å²) in [6.45, 7) is 1.92. The molecule has 0 saturated carbocycles. The molecule has 1 aromatic heterocycles. The Morgan fingerprint density at radius 3 is 2.69 bits per heavy atom. The molecule has 0 amide bonds. The van der Waals surface area contributed by atoms with Crippen LogP contribution < -0.4 is 5.73 Å². The van der Waals surface area contributed by atoms with Crippen molar-refractivity contribution in [2.45, 2.75) is 25.5 Å². The molecule has 0 aliphatic heterocycles. The number of carbonyl (C=O) groups excluding carboxylic acids is 1. The first kappa shape index (κ1) is 19.0. The number of rotatable bonds is 7. The van der Waals surface area contributed by atoms with E-state index in [-0.39, 0.29) is 12.1 Å². The van der Waals surface area contributed by atoms with Crippen molar-refractivity contribution in [1.82, 2.24) is 0 Å². The van der Waals surface area contributed by atoms with E-state index in [1.54, 1.807) is 23.1 Å². The second kappa shape index (κ2) is 8.71. The first-order chi connectivity index (χ1) is 12.6. The van der Waals surface area contributed by atoms with E-state index in [1.165, 1.54) is 10.1 Å². The second-order valence-corrected chi connectivity index (χ2v) is 8.14. The van der Waals surface area contributed by atoms with Gasteiger partial charge in [0, 0.05) is 15.6 Å². The van der Waals surface area contributed by atoms with Gasteiger partial charge in [-0.3, -0.25) is 0 Å². The predicted molar refractivity (Wildman–Crippen MR) is 113 cm³/mol. The maximum atomic E-state index is 12.6. The van der Waals surface area contributed by atoms with Gasteiger partial charge in [-0.2, -0.15) is 11.8 Å². The van der Waals surface area contributed by atoms with E-state index in [4.69, 9.17) is 10.5 Å². The van der Waals surface area contributed by atoms with Crippen LogP contribution in [0.15, 0.2) is 53.9 Å². The first-order valence-electron chi connectivity index (χ1n) is 8.62. The van der Waals surface area contributed by atoms with Crippen molar-refractivity contribution in [2.75, 3.05) is 12.0 Å². The normalized spacial score (nSPS) is 13.5. The third kappa shape index (κ3) is 4.11. The van der Waals surface area contributed by atoms with E-state index >= 15 is 0 Å². The van der Waals surface area contributed by atoms with Gasteiger partial charge in [0.15, 0.2) is 0 Å². The Kier molecular flexibility index (Phi) is 6.35. The standard InChI is InChI=1S/C21H23NO2S2/c1-14(11-12-25-2)24-21(23)20(22)17-9-4-3-7-15(17)18-13-26-19-10-6-5-8-16(18)19/h3-10,13-14,20H,11-12,22H2,1-2H3/t14-,20-/m0/s1. The minimum atomic E-state index is -0.790. The van der Waals surface area contributed by atoms with Gasteiger partial charge in [-0.25, -0.2) is 4.79 Å². The summed E-state index contributed by atoms with van der Waals surface area (Å²) < 4.78 is 6.78. The zero-order valence-corrected chi connectivity index (χ0v) is 16.6. The maximum absolute atomic E-state index is 12.6. The highest BCUT2D eigenvalue weighted by molar-refractivity contribution is 7.98. The van der Waals surface area contributed by atoms with E-state index in [9.17, 15) is 4.79 Å². The number of ether oxygens (including phenoxy) is 1. The van der Waals surface area contributed by atoms with E-state index < -0.39 is 6.04 Å². The Morgan fingerprint density at radius 2 is 1.88 bits per heavy atom. The van der Waals surface area contributed by atoms with E-state index in [1.807, 2.05) is 49.6 Å². The number of thiophene rings is 1. The molecule has 2 atom stereocenters. The highest BCUT2D eigenvalue weighted by Crippen LogP contribution is 2.37. The van der Waals surface area contributed by atoms with Crippen LogP contribution in [0.2, 0.25) is 0 Å². The van der Waals surface area contributed by atoms with Gasteiger partial charge in [-0.1, -0.05) is 42.5 Å². The van der Waals surface area contributed by atoms with E-state index in [2.05, 4.69) is 17.5 Å². The lowest BCUT2D eigenvalue weighted by atomic mass is 9.95. The smallest absolute Gasteiger partial charge is 0.327 e. The van der Waals surface area contributed by atoms with Crippen LogP contribution in [0.3, 0.4) is 0 Å². The van der Waals surface area contributed by atoms with Crippen LogP contribution in [-0.2, 0) is 9.53 Å². The highest BCUT2D eigenvalue weighted by Gasteiger charge is 2.23. The fourth-order valence-corrected chi connectivity index (χ4v) is 4.47. The zero-order chi connectivity index (χ0) is 18.5. The molecule has 1 heterocycles. The topological polar surface area (TPSA) is 52.3 Å². The first-order valence-corrected chi connectivity index (χ1v) is 10.9. The number of fused-ring (bicyclic) bond motifs is 1. The molecule has 136 valence electrons. The molecule has 2 N–H and O–H groups in total. The van der Waals surface area contributed by atoms with E-state index in [0.717, 1.165) is 28.9 Å². The average Bonchev–Trinajstić information content (AvgIpc) is 3.09. The zero-order valence-electron chi connectivity index (χ0n) is 15.0. The van der Waals surface area contributed by atoms with Crippen molar-refractivity contribution in [1.29, 1.82) is 0 Å². The molecule has 0 fully saturated rings. The SMILES string of the molecule is CSCC[C@H](C)OC(=O)[C@@H](N)c1ccccc1-c1csc2ccccc12. The van der Waals surface area contributed by atoms with Crippen LogP contribution in [0.25, 0.3) is 21.2 Å². The summed E-state index contributed by atoms with van der Waals surface area (Å²) in [5.41, 5.74) is 9.20. The molecular weight excluding hydrogens is 362 g/mol. The van der Waals surface area contributed by atoms with Crippen LogP contribution in [0.4, 0.5) is 0 Å². The quantitative estimate of drug-likeness (QED) is 0.564. The van der Waals surface area contributed by atoms with Gasteiger partial charge >= 0.3 is 5.97 Å². The van der Waals surface area contributed by atoms with Gasteiger partial charge in [0.1, 0.15) is 6.04 Å². The van der Waals surface area contributed by atoms with Crippen molar-refractivity contribution < 1.29 is 9.53 Å². The highest BCUT2D eigenvalue weighted by atomic mass is 32.2. The molecule has 2 aromatic carbocycles. The fraction of sp³-hybridized carbons (Fsp3) is 0.286. The lowest BCUT2D eigenvalue weighted by molar-refractivity contribution is -0.150. The van der Waals surface area contributed by atoms with Crippen LogP contribution in [0.5, 0.6) is 0 Å². The fourth-order valence-electron chi connectivity index (χ4n) is 2.94. The molecule has 0 bridgehead atoms. The molecule has 3 rings (SSSR count). The Bertz CT molecular complexity index is 890. The molecule has 3 aromatic rings. The van der Waals surface area contributed by atoms with Crippen molar-refractivity contribution >= 4 is 39.2 Å². The minimum Gasteiger partial charge on any atom is -0.461 e. The molecule has 0 unspecified atom stereocenters. The van der Waals surface area contributed by atoms with Crippen molar-refractivity contribution in [3.05, 3.63) is 59.5 Å². The minimum absolute atomic E-state index is 0.130. The molecule has 0 spiro atoms. The number of nitrogens with two attached hydrogens (primary N) is 1. The summed E-state index contributed by atoms with van der Waals surface area (Å²) in [4.78, 5) is 12.6. The van der Waals surface area contributed by atoms with Gasteiger partial charge in [0.2, 0.25) is 0 Å². The molecular formula is C21H23NO2S2. The maximum Gasteiger partial charge on any atom is 0.327 e. The Morgan fingerprint density at radius 1 is 1.15 bits per heavy atom. The van der Waals surface area contributed by atoms with Gasteiger partial charge in [0.25, 0.3) is 0 Å². The summed E-state index contributed by atoms with van der Waals surface area (Å²) in [6, 6.07) is 15.3. The van der Waals surface area contributed by atoms with Crippen LogP contribution in [-0.4, -0.2) is 24.1 Å². The van der Waals surface area contributed by atoms with Gasteiger partial charge < -0.3 is 10.5 Å². The van der Waals surface area contributed by atoms with Crippen molar-refractivity contribution in [3.63, 3.8) is 0 Å². The second-order valence-electron chi connectivity index (χ2n) is 6.24. The predicted octanol–water partition coefficient (Wildman–Crippen LogP) is 5.25. The average molecular weight is 386 g/mol. The number of carbonyl (C=O) groups is 1. The lowest BCUT2D eigenvalue weighted by Crippen LogP contribution is -2.27. The Hall–Kier alpha value is -1.82. The van der Waals surface area contributed by atoms with Crippen LogP contribution >= 0.6 is 23.1 Å². The third-order valence-electron chi connectivity index (χ3n) is 4.37. The molecule has 3 nitrogen and oxygen atoms in total. The van der Waals surface area contributed by atoms with Gasteiger partial charge in [0.05, 0.1) is 6.10 Å². The number of benzene rings is 2. The molecule has 26 heavy (non-hydrogen) atoms. The number of thioether (sulfide) groups is 1. The van der Waals surface area contributed by atoms with Crippen molar-refractivity contribution in [2.24, 2.45) is 5.73 Å². The van der Waals surface area contributed by atoms with Crippen LogP contribution in [0.1, 0.15) is 24.9 Å². The molecule has 0 saturated heterocycles. The number of esters is 1. The monoisotopic (exact) mass is 385 g/mol. The Balaban J connectivity index is 1.88. The lowest BCUT2D eigenvalue weighted by Gasteiger charge is -2.19. The summed E-state index contributed by atoms with van der Waals surface area (Å²) in [5.74, 6) is 0.590. The summed E-state index contributed by atoms with van der Waals surface area (Å²) >= 11 is 3.44. The van der Waals surface area contributed by atoms with Crippen molar-refractivity contribution in [3.8, 4) is 11.1 Å². The molecule has 0 radical (unpaired) electrons. The molecule has 0 aliphatic carbocycles. The summed E-state index contributed by atoms with van der Waals surface area (Å²) in [5, 5.41) is 3.31. The van der Waals surface area contributed by atoms with Crippen LogP contribution in [0, 0.1) is 0 Å². The van der Waals surface area contributed by atoms with Gasteiger partial charge in [-0.05, 0) is 47.9 Å². The number of hydrogen-bond donors (Lipinski definition) is 1. The van der Waals surface area contributed by atoms with E-state index in [0.29, 0.717) is 0 Å². The summed E-state index contributed by atoms with van der Waals surface area (Å²) in [6.07, 6.45) is 2.74. The third-order valence-corrected chi connectivity index (χ3v) is 5.97. The summed E-state index contributed by atoms with van der Waals surface area (Å²) in [7, 11) is 0. The molecule has 5 heteroatoms. The van der Waals surface area contributed by atoms with Gasteiger partial charge in [-0.15, -0.1) is 11.3 Å². The molecule has 0 aliphatic rings. The Labute approximate surface area is 162 Å².